The van der Waals surface area contributed by atoms with Gasteiger partial charge in [0.2, 0.25) is 5.91 Å². The minimum Gasteiger partial charge on any atom is -0.435 e. The molecule has 0 bridgehead atoms. The van der Waals surface area contributed by atoms with Crippen LogP contribution in [0.15, 0.2) is 12.4 Å². The maximum absolute atomic E-state index is 12.2. The summed E-state index contributed by atoms with van der Waals surface area (Å²) in [7, 11) is 0. The summed E-state index contributed by atoms with van der Waals surface area (Å²) in [6.45, 7) is 6.55. The number of rotatable bonds is 6. The molecule has 1 aliphatic carbocycles. The Bertz CT molecular complexity index is 754. The predicted octanol–water partition coefficient (Wildman–Crippen LogP) is 2.41. The number of piperidine rings is 1. The number of imidazole rings is 1. The SMILES string of the molecule is CC[N+]1(C(=O)O)CCCC(N2CCC(c3nccn3CC(=O)NC3CC3)CC2)CC1. The van der Waals surface area contributed by atoms with Gasteiger partial charge in [-0.2, -0.15) is 4.79 Å². The molecule has 1 aromatic rings. The Kier molecular flexibility index (Phi) is 6.43. The molecule has 1 saturated carbocycles. The lowest BCUT2D eigenvalue weighted by atomic mass is 9.93. The molecule has 3 heterocycles. The highest BCUT2D eigenvalue weighted by atomic mass is 16.4. The van der Waals surface area contributed by atoms with E-state index in [0.717, 1.165) is 76.9 Å². The smallest absolute Gasteiger partial charge is 0.435 e. The lowest BCUT2D eigenvalue weighted by Crippen LogP contribution is -2.53. The van der Waals surface area contributed by atoms with Crippen LogP contribution in [-0.4, -0.2) is 80.8 Å². The molecule has 0 radical (unpaired) electrons. The third kappa shape index (κ3) is 4.70. The molecular formula is C22H36N5O3+. The van der Waals surface area contributed by atoms with E-state index in [1.165, 1.54) is 0 Å². The highest BCUT2D eigenvalue weighted by Gasteiger charge is 2.39. The monoisotopic (exact) mass is 418 g/mol. The summed E-state index contributed by atoms with van der Waals surface area (Å²) in [4.78, 5) is 31.2. The quantitative estimate of drug-likeness (QED) is 0.693. The third-order valence-electron chi connectivity index (χ3n) is 7.44. The highest BCUT2D eigenvalue weighted by Crippen LogP contribution is 2.31. The standard InChI is InChI=1S/C22H35N5O3/c1-2-27(22(29)30)14-3-4-19(9-15-27)25-11-7-17(8-12-25)21-23-10-13-26(21)16-20(28)24-18-5-6-18/h10,13,17-19H,2-9,11-12,14-16H2,1H3,(H-,24,28,29,30)/p+1. The van der Waals surface area contributed by atoms with Gasteiger partial charge in [-0.15, -0.1) is 0 Å². The Hall–Kier alpha value is -1.93. The van der Waals surface area contributed by atoms with Gasteiger partial charge in [-0.3, -0.25) is 4.79 Å². The van der Waals surface area contributed by atoms with E-state index in [4.69, 9.17) is 0 Å². The number of aromatic nitrogens is 2. The topological polar surface area (TPSA) is 87.5 Å². The molecular weight excluding hydrogens is 382 g/mol. The van der Waals surface area contributed by atoms with Gasteiger partial charge in [-0.1, -0.05) is 0 Å². The Morgan fingerprint density at radius 1 is 1.17 bits per heavy atom. The molecule has 2 N–H and O–H groups in total. The van der Waals surface area contributed by atoms with Gasteiger partial charge in [0.05, 0.1) is 19.6 Å². The van der Waals surface area contributed by atoms with Crippen LogP contribution in [0, 0.1) is 0 Å². The summed E-state index contributed by atoms with van der Waals surface area (Å²) in [6, 6.07) is 0.874. The Balaban J connectivity index is 1.31. The van der Waals surface area contributed by atoms with Crippen LogP contribution in [0.25, 0.3) is 0 Å². The van der Waals surface area contributed by atoms with Crippen molar-refractivity contribution in [2.75, 3.05) is 32.7 Å². The van der Waals surface area contributed by atoms with Gasteiger partial charge in [-0.25, -0.2) is 9.47 Å². The molecule has 2 atom stereocenters. The van der Waals surface area contributed by atoms with Crippen molar-refractivity contribution in [2.24, 2.45) is 0 Å². The van der Waals surface area contributed by atoms with Crippen LogP contribution in [0.5, 0.6) is 0 Å². The molecule has 30 heavy (non-hydrogen) atoms. The molecule has 3 aliphatic rings. The summed E-state index contributed by atoms with van der Waals surface area (Å²) in [6.07, 6.45) is 10.4. The third-order valence-corrected chi connectivity index (χ3v) is 7.44. The van der Waals surface area contributed by atoms with E-state index in [1.807, 2.05) is 23.9 Å². The highest BCUT2D eigenvalue weighted by molar-refractivity contribution is 5.76. The Morgan fingerprint density at radius 2 is 1.93 bits per heavy atom. The molecule has 2 unspecified atom stereocenters. The fourth-order valence-corrected chi connectivity index (χ4v) is 5.28. The van der Waals surface area contributed by atoms with E-state index >= 15 is 0 Å². The lowest BCUT2D eigenvalue weighted by molar-refractivity contribution is -0.855. The largest absolute Gasteiger partial charge is 0.513 e. The van der Waals surface area contributed by atoms with Crippen molar-refractivity contribution in [1.29, 1.82) is 0 Å². The molecule has 0 aromatic carbocycles. The fraction of sp³-hybridized carbons (Fsp3) is 0.773. The molecule has 8 heteroatoms. The number of nitrogens with zero attached hydrogens (tertiary/aromatic N) is 4. The second kappa shape index (κ2) is 9.06. The Labute approximate surface area is 178 Å². The van der Waals surface area contributed by atoms with Crippen LogP contribution in [0.2, 0.25) is 0 Å². The van der Waals surface area contributed by atoms with Crippen molar-refractivity contribution in [3.8, 4) is 0 Å². The summed E-state index contributed by atoms with van der Waals surface area (Å²) in [5.41, 5.74) is 0. The van der Waals surface area contributed by atoms with Crippen molar-refractivity contribution < 1.29 is 19.2 Å². The maximum atomic E-state index is 12.2. The minimum atomic E-state index is -0.672. The Morgan fingerprint density at radius 3 is 2.60 bits per heavy atom. The molecule has 166 valence electrons. The van der Waals surface area contributed by atoms with Crippen LogP contribution >= 0.6 is 0 Å². The van der Waals surface area contributed by atoms with Crippen LogP contribution in [-0.2, 0) is 11.3 Å². The van der Waals surface area contributed by atoms with Crippen molar-refractivity contribution in [3.05, 3.63) is 18.2 Å². The second-order valence-electron chi connectivity index (χ2n) is 9.34. The first kappa shape index (κ1) is 21.3. The molecule has 0 spiro atoms. The number of hydrogen-bond donors (Lipinski definition) is 2. The summed E-state index contributed by atoms with van der Waals surface area (Å²) in [5, 5.41) is 12.8. The van der Waals surface area contributed by atoms with Crippen molar-refractivity contribution in [1.82, 2.24) is 19.8 Å². The first-order valence-corrected chi connectivity index (χ1v) is 11.6. The molecule has 2 saturated heterocycles. The molecule has 1 aromatic heterocycles. The molecule has 2 aliphatic heterocycles. The first-order valence-electron chi connectivity index (χ1n) is 11.6. The molecule has 2 amide bonds. The minimum absolute atomic E-state index is 0.0867. The molecule has 3 fully saturated rings. The van der Waals surface area contributed by atoms with Crippen LogP contribution in [0.4, 0.5) is 4.79 Å². The zero-order valence-corrected chi connectivity index (χ0v) is 18.1. The van der Waals surface area contributed by atoms with E-state index in [0.29, 0.717) is 31.1 Å². The average molecular weight is 419 g/mol. The van der Waals surface area contributed by atoms with Crippen LogP contribution in [0.3, 0.4) is 0 Å². The zero-order valence-electron chi connectivity index (χ0n) is 18.1. The van der Waals surface area contributed by atoms with Gasteiger partial charge in [0, 0.05) is 36.8 Å². The summed E-state index contributed by atoms with van der Waals surface area (Å²) >= 11 is 0. The first-order chi connectivity index (χ1) is 14.5. The van der Waals surface area contributed by atoms with Crippen molar-refractivity contribution >= 4 is 12.0 Å². The number of carbonyl (C=O) groups excluding carboxylic acids is 1. The number of hydrogen-bond acceptors (Lipinski definition) is 4. The lowest BCUT2D eigenvalue weighted by Gasteiger charge is -2.37. The number of amides is 2. The van der Waals surface area contributed by atoms with Gasteiger partial charge in [0.25, 0.3) is 0 Å². The van der Waals surface area contributed by atoms with E-state index in [1.54, 1.807) is 0 Å². The number of carbonyl (C=O) groups is 2. The van der Waals surface area contributed by atoms with Crippen LogP contribution < -0.4 is 5.32 Å². The van der Waals surface area contributed by atoms with E-state index in [2.05, 4.69) is 15.2 Å². The number of quaternary nitrogens is 1. The van der Waals surface area contributed by atoms with Gasteiger partial charge < -0.3 is 19.9 Å². The number of likely N-dealkylation sites (tertiary alicyclic amines) is 2. The number of carboxylic acid groups (broad SMARTS) is 1. The van der Waals surface area contributed by atoms with E-state index in [9.17, 15) is 14.7 Å². The van der Waals surface area contributed by atoms with Gasteiger partial charge in [-0.05, 0) is 58.5 Å². The molecule has 4 rings (SSSR count). The normalized spacial score (nSPS) is 28.8. The van der Waals surface area contributed by atoms with Gasteiger partial charge in [0.15, 0.2) is 0 Å². The van der Waals surface area contributed by atoms with E-state index in [-0.39, 0.29) is 10.4 Å². The number of nitrogens with one attached hydrogen (secondary N) is 1. The maximum Gasteiger partial charge on any atom is 0.513 e. The van der Waals surface area contributed by atoms with Gasteiger partial charge >= 0.3 is 6.09 Å². The second-order valence-corrected chi connectivity index (χ2v) is 9.34. The molecule has 8 nitrogen and oxygen atoms in total. The van der Waals surface area contributed by atoms with Crippen molar-refractivity contribution in [3.63, 3.8) is 0 Å². The average Bonchev–Trinajstić information content (AvgIpc) is 3.48. The zero-order chi connectivity index (χ0) is 21.1. The van der Waals surface area contributed by atoms with E-state index < -0.39 is 6.09 Å². The van der Waals surface area contributed by atoms with Gasteiger partial charge in [0.1, 0.15) is 12.4 Å². The predicted molar refractivity (Wildman–Crippen MR) is 113 cm³/mol. The summed E-state index contributed by atoms with van der Waals surface area (Å²) in [5.74, 6) is 1.51. The van der Waals surface area contributed by atoms with Crippen LogP contribution in [0.1, 0.15) is 63.6 Å². The van der Waals surface area contributed by atoms with Crippen molar-refractivity contribution in [2.45, 2.75) is 76.4 Å². The summed E-state index contributed by atoms with van der Waals surface area (Å²) < 4.78 is 2.23. The fourth-order valence-electron chi connectivity index (χ4n) is 5.28.